The lowest BCUT2D eigenvalue weighted by atomic mass is 10.2. The summed E-state index contributed by atoms with van der Waals surface area (Å²) in [4.78, 5) is 31.0. The Kier molecular flexibility index (Phi) is 6.93. The van der Waals surface area contributed by atoms with E-state index < -0.39 is 0 Å². The van der Waals surface area contributed by atoms with Crippen molar-refractivity contribution in [2.24, 2.45) is 4.99 Å². The number of ether oxygens (including phenoxy) is 1. The van der Waals surface area contributed by atoms with Crippen molar-refractivity contribution >= 4 is 63.8 Å². The van der Waals surface area contributed by atoms with Gasteiger partial charge in [-0.3, -0.25) is 9.69 Å². The first-order chi connectivity index (χ1) is 15.9. The predicted octanol–water partition coefficient (Wildman–Crippen LogP) is 6.66. The second-order valence-corrected chi connectivity index (χ2v) is 8.82. The molecule has 0 unspecified atom stereocenters. The van der Waals surface area contributed by atoms with Crippen LogP contribution in [0, 0.1) is 0 Å². The molecule has 6 nitrogen and oxygen atoms in total. The Bertz CT molecular complexity index is 1280. The van der Waals surface area contributed by atoms with Crippen molar-refractivity contribution in [1.82, 2.24) is 4.90 Å². The number of likely N-dealkylation sites (N-methyl/N-ethyl adjacent to an activating group) is 1. The first-order valence-electron chi connectivity index (χ1n) is 9.94. The van der Waals surface area contributed by atoms with Crippen LogP contribution >= 0.6 is 35.0 Å². The number of amides is 1. The van der Waals surface area contributed by atoms with Crippen LogP contribution in [-0.4, -0.2) is 35.6 Å². The number of hydrogen-bond donors (Lipinski definition) is 0. The summed E-state index contributed by atoms with van der Waals surface area (Å²) in [5, 5.41) is 1.53. The van der Waals surface area contributed by atoms with Crippen molar-refractivity contribution < 1.29 is 18.7 Å². The number of carbonyl (C=O) groups excluding carboxylic acids is 2. The molecule has 168 valence electrons. The number of rotatable bonds is 5. The Balaban J connectivity index is 1.53. The standard InChI is InChI=1S/C24H18Cl2N2O4S/c1-3-31-23(30)14-4-7-16(8-5-14)27-24-28(2)22(29)21(33-24)13-17-9-11-20(32-17)18-10-6-15(25)12-19(18)26/h4-13H,3H2,1-2H3/b21-13-,27-24?. The van der Waals surface area contributed by atoms with Gasteiger partial charge in [-0.05, 0) is 73.3 Å². The normalized spacial score (nSPS) is 16.1. The fourth-order valence-electron chi connectivity index (χ4n) is 3.04. The van der Waals surface area contributed by atoms with E-state index in [9.17, 15) is 9.59 Å². The molecule has 4 rings (SSSR count). The summed E-state index contributed by atoms with van der Waals surface area (Å²) in [7, 11) is 1.66. The maximum Gasteiger partial charge on any atom is 0.338 e. The first kappa shape index (κ1) is 23.2. The minimum atomic E-state index is -0.387. The molecule has 0 saturated carbocycles. The lowest BCUT2D eigenvalue weighted by Gasteiger charge is -2.07. The maximum atomic E-state index is 12.7. The highest BCUT2D eigenvalue weighted by atomic mass is 35.5. The quantitative estimate of drug-likeness (QED) is 0.289. The highest BCUT2D eigenvalue weighted by Gasteiger charge is 2.30. The number of aliphatic imine (C=N–C) groups is 1. The fraction of sp³-hybridized carbons (Fsp3) is 0.125. The van der Waals surface area contributed by atoms with Crippen LogP contribution in [0.1, 0.15) is 23.0 Å². The summed E-state index contributed by atoms with van der Waals surface area (Å²) >= 11 is 13.5. The van der Waals surface area contributed by atoms with Crippen molar-refractivity contribution in [1.29, 1.82) is 0 Å². The van der Waals surface area contributed by atoms with Crippen LogP contribution in [0.2, 0.25) is 10.0 Å². The molecule has 0 aliphatic carbocycles. The van der Waals surface area contributed by atoms with E-state index in [2.05, 4.69) is 4.99 Å². The van der Waals surface area contributed by atoms with E-state index >= 15 is 0 Å². The highest BCUT2D eigenvalue weighted by molar-refractivity contribution is 8.18. The van der Waals surface area contributed by atoms with Gasteiger partial charge in [0.15, 0.2) is 5.17 Å². The Morgan fingerprint density at radius 3 is 2.61 bits per heavy atom. The Morgan fingerprint density at radius 1 is 1.15 bits per heavy atom. The van der Waals surface area contributed by atoms with E-state index in [1.807, 2.05) is 0 Å². The van der Waals surface area contributed by atoms with Gasteiger partial charge in [-0.25, -0.2) is 9.79 Å². The molecule has 1 fully saturated rings. The van der Waals surface area contributed by atoms with Gasteiger partial charge in [0.05, 0.1) is 27.8 Å². The Labute approximate surface area is 204 Å². The van der Waals surface area contributed by atoms with Crippen LogP contribution in [0.5, 0.6) is 0 Å². The summed E-state index contributed by atoms with van der Waals surface area (Å²) in [5.41, 5.74) is 1.77. The number of furan rings is 1. The molecule has 9 heteroatoms. The molecule has 1 aromatic heterocycles. The molecule has 0 spiro atoms. The molecule has 2 heterocycles. The van der Waals surface area contributed by atoms with Gasteiger partial charge < -0.3 is 9.15 Å². The summed E-state index contributed by atoms with van der Waals surface area (Å²) in [5.74, 6) is 0.509. The van der Waals surface area contributed by atoms with E-state index in [1.165, 1.54) is 16.7 Å². The largest absolute Gasteiger partial charge is 0.462 e. The van der Waals surface area contributed by atoms with Gasteiger partial charge in [-0.1, -0.05) is 23.2 Å². The van der Waals surface area contributed by atoms with Crippen LogP contribution in [-0.2, 0) is 9.53 Å². The van der Waals surface area contributed by atoms with Gasteiger partial charge in [-0.15, -0.1) is 0 Å². The zero-order valence-corrected chi connectivity index (χ0v) is 20.0. The van der Waals surface area contributed by atoms with E-state index in [4.69, 9.17) is 32.4 Å². The van der Waals surface area contributed by atoms with Crippen LogP contribution in [0.3, 0.4) is 0 Å². The number of hydrogen-bond acceptors (Lipinski definition) is 6. The Hall–Kier alpha value is -3.00. The molecule has 1 aliphatic heterocycles. The third kappa shape index (κ3) is 5.16. The number of carbonyl (C=O) groups is 2. The summed E-state index contributed by atoms with van der Waals surface area (Å²) in [6.07, 6.45) is 1.67. The smallest absolute Gasteiger partial charge is 0.338 e. The van der Waals surface area contributed by atoms with E-state index in [-0.39, 0.29) is 11.9 Å². The minimum Gasteiger partial charge on any atom is -0.462 e. The molecule has 33 heavy (non-hydrogen) atoms. The molecule has 0 N–H and O–H groups in total. The van der Waals surface area contributed by atoms with Gasteiger partial charge in [0.1, 0.15) is 11.5 Å². The molecule has 0 atom stereocenters. The van der Waals surface area contributed by atoms with E-state index in [0.717, 1.165) is 0 Å². The van der Waals surface area contributed by atoms with Crippen LogP contribution < -0.4 is 0 Å². The van der Waals surface area contributed by atoms with Gasteiger partial charge >= 0.3 is 5.97 Å². The second-order valence-electron chi connectivity index (χ2n) is 6.96. The van der Waals surface area contributed by atoms with Crippen molar-refractivity contribution in [2.75, 3.05) is 13.7 Å². The van der Waals surface area contributed by atoms with Gasteiger partial charge in [-0.2, -0.15) is 0 Å². The SMILES string of the molecule is CCOC(=O)c1ccc(N=C2S/C(=C\c3ccc(-c4ccc(Cl)cc4Cl)o3)C(=O)N2C)cc1. The van der Waals surface area contributed by atoms with E-state index in [1.54, 1.807) is 74.6 Å². The highest BCUT2D eigenvalue weighted by Crippen LogP contribution is 2.35. The van der Waals surface area contributed by atoms with Crippen LogP contribution in [0.25, 0.3) is 17.4 Å². The molecular weight excluding hydrogens is 483 g/mol. The van der Waals surface area contributed by atoms with Crippen molar-refractivity contribution in [3.63, 3.8) is 0 Å². The maximum absolute atomic E-state index is 12.7. The number of nitrogens with zero attached hydrogens (tertiary/aromatic N) is 2. The number of halogens is 2. The monoisotopic (exact) mass is 500 g/mol. The van der Waals surface area contributed by atoms with Crippen molar-refractivity contribution in [2.45, 2.75) is 6.92 Å². The molecule has 2 aromatic carbocycles. The fourth-order valence-corrected chi connectivity index (χ4v) is 4.51. The average Bonchev–Trinajstić information content (AvgIpc) is 3.35. The van der Waals surface area contributed by atoms with Gasteiger partial charge in [0.25, 0.3) is 5.91 Å². The number of amidine groups is 1. The predicted molar refractivity (Wildman–Crippen MR) is 132 cm³/mol. The molecule has 1 amide bonds. The van der Waals surface area contributed by atoms with Crippen molar-refractivity contribution in [3.8, 4) is 11.3 Å². The summed E-state index contributed by atoms with van der Waals surface area (Å²) in [6, 6.07) is 15.4. The molecule has 0 bridgehead atoms. The van der Waals surface area contributed by atoms with Crippen molar-refractivity contribution in [3.05, 3.63) is 80.9 Å². The van der Waals surface area contributed by atoms with Crippen LogP contribution in [0.15, 0.2) is 68.9 Å². The number of esters is 1. The van der Waals surface area contributed by atoms with E-state index in [0.29, 0.717) is 55.1 Å². The number of thioether (sulfide) groups is 1. The third-order valence-corrected chi connectivity index (χ3v) is 6.31. The molecule has 0 radical (unpaired) electrons. The number of benzene rings is 2. The topological polar surface area (TPSA) is 72.1 Å². The zero-order chi connectivity index (χ0) is 23.5. The molecular formula is C24H18Cl2N2O4S. The first-order valence-corrected chi connectivity index (χ1v) is 11.5. The average molecular weight is 501 g/mol. The third-order valence-electron chi connectivity index (χ3n) is 4.70. The lowest BCUT2D eigenvalue weighted by molar-refractivity contribution is -0.121. The molecule has 3 aromatic rings. The zero-order valence-electron chi connectivity index (χ0n) is 17.7. The molecule has 1 aliphatic rings. The second kappa shape index (κ2) is 9.87. The van der Waals surface area contributed by atoms with Crippen LogP contribution in [0.4, 0.5) is 5.69 Å². The van der Waals surface area contributed by atoms with Gasteiger partial charge in [0, 0.05) is 23.7 Å². The lowest BCUT2D eigenvalue weighted by Crippen LogP contribution is -2.23. The minimum absolute atomic E-state index is 0.190. The summed E-state index contributed by atoms with van der Waals surface area (Å²) < 4.78 is 10.9. The Morgan fingerprint density at radius 2 is 1.91 bits per heavy atom. The molecule has 1 saturated heterocycles. The summed E-state index contributed by atoms with van der Waals surface area (Å²) in [6.45, 7) is 2.06. The van der Waals surface area contributed by atoms with Gasteiger partial charge in [0.2, 0.25) is 0 Å².